The zero-order valence-corrected chi connectivity index (χ0v) is 17.8. The average Bonchev–Trinajstić information content (AvgIpc) is 2.77. The number of anilines is 3. The lowest BCUT2D eigenvalue weighted by Gasteiger charge is -2.21. The van der Waals surface area contributed by atoms with Crippen molar-refractivity contribution in [2.24, 2.45) is 5.92 Å². The first kappa shape index (κ1) is 23.3. The molecule has 2 heterocycles. The number of alkyl halides is 3. The Hall–Kier alpha value is -3.40. The Morgan fingerprint density at radius 2 is 1.84 bits per heavy atom. The van der Waals surface area contributed by atoms with Gasteiger partial charge in [0.1, 0.15) is 11.6 Å². The van der Waals surface area contributed by atoms with Crippen LogP contribution in [0.25, 0.3) is 11.4 Å². The molecule has 3 N–H and O–H groups in total. The van der Waals surface area contributed by atoms with Crippen LogP contribution in [0.15, 0.2) is 48.7 Å². The van der Waals surface area contributed by atoms with Crippen LogP contribution in [0.3, 0.4) is 0 Å². The lowest BCUT2D eigenvalue weighted by molar-refractivity contribution is -0.138. The summed E-state index contributed by atoms with van der Waals surface area (Å²) in [7, 11) is 1.19. The number of nitrogens with zero attached hydrogens (tertiary/aromatic N) is 3. The summed E-state index contributed by atoms with van der Waals surface area (Å²) in [6.45, 7) is 3.74. The SMILES string of the molecule is COc1ccc(Nc2cc(-c3ccccn3)nc(N[C@@H](CO)C(C)C)n2)cc1C(F)(F)F. The molecule has 0 amide bonds. The molecular weight excluding hydrogens is 423 g/mol. The molecule has 0 spiro atoms. The Morgan fingerprint density at radius 1 is 1.06 bits per heavy atom. The second kappa shape index (κ2) is 9.82. The van der Waals surface area contributed by atoms with Gasteiger partial charge in [-0.05, 0) is 36.2 Å². The molecule has 0 radical (unpaired) electrons. The Balaban J connectivity index is 2.01. The minimum Gasteiger partial charge on any atom is -0.496 e. The molecule has 10 heteroatoms. The van der Waals surface area contributed by atoms with Crippen LogP contribution in [0.5, 0.6) is 5.75 Å². The van der Waals surface area contributed by atoms with Gasteiger partial charge in [-0.15, -0.1) is 0 Å². The fraction of sp³-hybridized carbons (Fsp3) is 0.318. The van der Waals surface area contributed by atoms with E-state index in [1.807, 2.05) is 13.8 Å². The number of nitrogens with one attached hydrogen (secondary N) is 2. The molecule has 3 rings (SSSR count). The van der Waals surface area contributed by atoms with Gasteiger partial charge in [0.2, 0.25) is 5.95 Å². The number of pyridine rings is 1. The molecule has 0 aliphatic carbocycles. The van der Waals surface area contributed by atoms with Crippen LogP contribution in [0.4, 0.5) is 30.6 Å². The van der Waals surface area contributed by atoms with Crippen molar-refractivity contribution in [1.82, 2.24) is 15.0 Å². The molecule has 1 aromatic carbocycles. The van der Waals surface area contributed by atoms with E-state index in [2.05, 4.69) is 25.6 Å². The number of methoxy groups -OCH3 is 1. The number of aliphatic hydroxyl groups is 1. The summed E-state index contributed by atoms with van der Waals surface area (Å²) >= 11 is 0. The summed E-state index contributed by atoms with van der Waals surface area (Å²) in [6, 6.07) is 10.3. The number of benzene rings is 1. The third-order valence-corrected chi connectivity index (χ3v) is 4.75. The van der Waals surface area contributed by atoms with E-state index in [1.165, 1.54) is 19.2 Å². The molecule has 0 unspecified atom stereocenters. The fourth-order valence-electron chi connectivity index (χ4n) is 2.97. The molecule has 3 aromatic rings. The maximum absolute atomic E-state index is 13.4. The molecule has 170 valence electrons. The van der Waals surface area contributed by atoms with Crippen molar-refractivity contribution in [2.45, 2.75) is 26.1 Å². The summed E-state index contributed by atoms with van der Waals surface area (Å²) in [5.41, 5.74) is 0.312. The normalized spacial score (nSPS) is 12.5. The predicted octanol–water partition coefficient (Wildman–Crippen LogP) is 4.74. The van der Waals surface area contributed by atoms with Crippen LogP contribution in [0, 0.1) is 5.92 Å². The summed E-state index contributed by atoms with van der Waals surface area (Å²) < 4.78 is 45.0. The highest BCUT2D eigenvalue weighted by atomic mass is 19.4. The monoisotopic (exact) mass is 447 g/mol. The standard InChI is InChI=1S/C22H24F3N5O2/c1-13(2)18(12-31)29-21-28-17(16-6-4-5-9-26-16)11-20(30-21)27-14-7-8-19(32-3)15(10-14)22(23,24)25/h4-11,13,18,31H,12H2,1-3H3,(H2,27,28,29,30)/t18-/m0/s1. The first-order valence-electron chi connectivity index (χ1n) is 9.91. The molecule has 7 nitrogen and oxygen atoms in total. The number of aromatic nitrogens is 3. The van der Waals surface area contributed by atoms with Crippen LogP contribution in [0.1, 0.15) is 19.4 Å². The fourth-order valence-corrected chi connectivity index (χ4v) is 2.97. The third kappa shape index (κ3) is 5.64. The number of aliphatic hydroxyl groups excluding tert-OH is 1. The lowest BCUT2D eigenvalue weighted by Crippen LogP contribution is -2.30. The molecular formula is C22H24F3N5O2. The molecule has 32 heavy (non-hydrogen) atoms. The highest BCUT2D eigenvalue weighted by molar-refractivity contribution is 5.66. The van der Waals surface area contributed by atoms with Gasteiger partial charge in [-0.1, -0.05) is 19.9 Å². The van der Waals surface area contributed by atoms with Gasteiger partial charge in [0.05, 0.1) is 36.7 Å². The molecule has 2 aromatic heterocycles. The van der Waals surface area contributed by atoms with E-state index in [0.717, 1.165) is 6.07 Å². The van der Waals surface area contributed by atoms with Crippen molar-refractivity contribution in [3.05, 3.63) is 54.2 Å². The molecule has 0 bridgehead atoms. The summed E-state index contributed by atoms with van der Waals surface area (Å²) in [5.74, 6) is 0.300. The zero-order chi connectivity index (χ0) is 23.3. The van der Waals surface area contributed by atoms with Crippen molar-refractivity contribution in [2.75, 3.05) is 24.4 Å². The smallest absolute Gasteiger partial charge is 0.420 e. The van der Waals surface area contributed by atoms with E-state index in [4.69, 9.17) is 4.74 Å². The molecule has 0 fully saturated rings. The second-order valence-electron chi connectivity index (χ2n) is 7.39. The largest absolute Gasteiger partial charge is 0.496 e. The molecule has 1 atom stereocenters. The minimum atomic E-state index is -4.58. The van der Waals surface area contributed by atoms with Crippen molar-refractivity contribution in [1.29, 1.82) is 0 Å². The average molecular weight is 447 g/mol. The summed E-state index contributed by atoms with van der Waals surface area (Å²) in [5, 5.41) is 15.6. The number of hydrogen-bond donors (Lipinski definition) is 3. The van der Waals surface area contributed by atoms with Crippen LogP contribution in [-0.4, -0.2) is 39.8 Å². The topological polar surface area (TPSA) is 92.2 Å². The van der Waals surface area contributed by atoms with E-state index in [1.54, 1.807) is 30.5 Å². The maximum Gasteiger partial charge on any atom is 0.420 e. The number of hydrogen-bond acceptors (Lipinski definition) is 7. The van der Waals surface area contributed by atoms with E-state index >= 15 is 0 Å². The summed E-state index contributed by atoms with van der Waals surface area (Å²) in [4.78, 5) is 13.1. The van der Waals surface area contributed by atoms with Gasteiger partial charge < -0.3 is 20.5 Å². The number of ether oxygens (including phenoxy) is 1. The van der Waals surface area contributed by atoms with Gasteiger partial charge in [-0.2, -0.15) is 18.2 Å². The van der Waals surface area contributed by atoms with Crippen molar-refractivity contribution in [3.63, 3.8) is 0 Å². The quantitative estimate of drug-likeness (QED) is 0.459. The van der Waals surface area contributed by atoms with Gasteiger partial charge in [-0.25, -0.2) is 4.98 Å². The number of rotatable bonds is 8. The van der Waals surface area contributed by atoms with Gasteiger partial charge in [-0.3, -0.25) is 4.98 Å². The van der Waals surface area contributed by atoms with Gasteiger partial charge >= 0.3 is 6.18 Å². The van der Waals surface area contributed by atoms with E-state index in [-0.39, 0.29) is 41.8 Å². The van der Waals surface area contributed by atoms with Gasteiger partial charge in [0.15, 0.2) is 0 Å². The Bertz CT molecular complexity index is 1050. The van der Waals surface area contributed by atoms with Crippen LogP contribution < -0.4 is 15.4 Å². The molecule has 0 aliphatic heterocycles. The molecule has 0 saturated carbocycles. The van der Waals surface area contributed by atoms with Gasteiger partial charge in [0.25, 0.3) is 0 Å². The van der Waals surface area contributed by atoms with Crippen LogP contribution in [-0.2, 0) is 6.18 Å². The van der Waals surface area contributed by atoms with Crippen LogP contribution in [0.2, 0.25) is 0 Å². The maximum atomic E-state index is 13.4. The number of halogens is 3. The van der Waals surface area contributed by atoms with E-state index < -0.39 is 11.7 Å². The molecule has 0 saturated heterocycles. The highest BCUT2D eigenvalue weighted by Gasteiger charge is 2.34. The van der Waals surface area contributed by atoms with E-state index in [9.17, 15) is 18.3 Å². The van der Waals surface area contributed by atoms with Crippen molar-refractivity contribution >= 4 is 17.5 Å². The first-order valence-corrected chi connectivity index (χ1v) is 9.91. The second-order valence-corrected chi connectivity index (χ2v) is 7.39. The summed E-state index contributed by atoms with van der Waals surface area (Å²) in [6.07, 6.45) is -2.96. The first-order chi connectivity index (χ1) is 15.2. The lowest BCUT2D eigenvalue weighted by atomic mass is 10.1. The zero-order valence-electron chi connectivity index (χ0n) is 17.8. The van der Waals surface area contributed by atoms with Gasteiger partial charge in [0, 0.05) is 18.0 Å². The Labute approximate surface area is 183 Å². The van der Waals surface area contributed by atoms with E-state index in [0.29, 0.717) is 11.4 Å². The third-order valence-electron chi connectivity index (χ3n) is 4.75. The van der Waals surface area contributed by atoms with Crippen molar-refractivity contribution in [3.8, 4) is 17.1 Å². The Morgan fingerprint density at radius 3 is 2.44 bits per heavy atom. The predicted molar refractivity (Wildman–Crippen MR) is 116 cm³/mol. The highest BCUT2D eigenvalue weighted by Crippen LogP contribution is 2.38. The van der Waals surface area contributed by atoms with Crippen molar-refractivity contribution < 1.29 is 23.0 Å². The van der Waals surface area contributed by atoms with Crippen LogP contribution >= 0.6 is 0 Å². The Kier molecular flexibility index (Phi) is 7.14. The molecule has 0 aliphatic rings. The minimum absolute atomic E-state index is 0.0921.